The number of hydrogen-bond donors (Lipinski definition) is 5. The van der Waals surface area contributed by atoms with Gasteiger partial charge in [-0.3, -0.25) is 8.93 Å². The summed E-state index contributed by atoms with van der Waals surface area (Å²) in [6.45, 7) is 11.8. The second-order valence-electron chi connectivity index (χ2n) is 15.1. The number of amides is 2. The summed E-state index contributed by atoms with van der Waals surface area (Å²) >= 11 is 0. The van der Waals surface area contributed by atoms with Crippen LogP contribution < -0.4 is 10.0 Å². The number of fused-ring (bicyclic) bond motifs is 5. The molecule has 0 bridgehead atoms. The van der Waals surface area contributed by atoms with Crippen molar-refractivity contribution in [3.63, 3.8) is 0 Å². The number of hydrogen-bond acceptors (Lipinski definition) is 4. The number of piperidine rings is 1. The quantitative estimate of drug-likeness (QED) is 0.276. The number of rotatable bonds is 7. The zero-order valence-electron chi connectivity index (χ0n) is 25.9. The first-order chi connectivity index (χ1) is 18.9. The lowest BCUT2D eigenvalue weighted by Crippen LogP contribution is -2.62. The fourth-order valence-electron chi connectivity index (χ4n) is 11.1. The van der Waals surface area contributed by atoms with Gasteiger partial charge in [0.25, 0.3) is 0 Å². The van der Waals surface area contributed by atoms with Crippen molar-refractivity contribution in [3.8, 4) is 0 Å². The standard InChI is InChI=1S/C32H59N3O4S/c1-6-23-27-20-22(36)12-15-32(27,4)26-13-16-31(3)24(10-11-25(31)28(26)29(23)37)21(2)14-17-33-30(38)34-40(5,39)35-18-8-7-9-19-35/h21-29,36-37,40H,6-20H2,1-5H3,(H2,33,34,38,39)/t21-,22-,23-,24-,25+,26+,27?,28?,29-,31?,32?/m1/s1. The molecule has 2 amide bonds. The van der Waals surface area contributed by atoms with Crippen LogP contribution in [0.1, 0.15) is 105 Å². The van der Waals surface area contributed by atoms with Crippen LogP contribution >= 0.6 is 0 Å². The van der Waals surface area contributed by atoms with Gasteiger partial charge in [0.2, 0.25) is 0 Å². The van der Waals surface area contributed by atoms with E-state index in [-0.39, 0.29) is 29.1 Å². The zero-order chi connectivity index (χ0) is 28.9. The van der Waals surface area contributed by atoms with Gasteiger partial charge >= 0.3 is 6.03 Å². The minimum atomic E-state index is -2.85. The third-order valence-corrected chi connectivity index (χ3v) is 15.3. The molecule has 0 radical (unpaired) electrons. The third kappa shape index (κ3) is 5.41. The molecule has 4 saturated carbocycles. The third-order valence-electron chi connectivity index (χ3n) is 13.2. The van der Waals surface area contributed by atoms with E-state index >= 15 is 0 Å². The van der Waals surface area contributed by atoms with Gasteiger partial charge in [-0.15, -0.1) is 0 Å². The smallest absolute Gasteiger partial charge is 0.325 e. The van der Waals surface area contributed by atoms with Gasteiger partial charge in [-0.1, -0.05) is 40.5 Å². The molecule has 0 aromatic heterocycles. The van der Waals surface area contributed by atoms with Crippen molar-refractivity contribution in [3.05, 3.63) is 0 Å². The molecule has 5 fully saturated rings. The predicted octanol–water partition coefficient (Wildman–Crippen LogP) is 4.90. The van der Waals surface area contributed by atoms with Crippen LogP contribution in [-0.4, -0.2) is 62.9 Å². The highest BCUT2D eigenvalue weighted by Gasteiger charge is 2.64. The van der Waals surface area contributed by atoms with Gasteiger partial charge < -0.3 is 15.5 Å². The molecule has 7 nitrogen and oxygen atoms in total. The Morgan fingerprint density at radius 1 is 1.00 bits per heavy atom. The van der Waals surface area contributed by atoms with Gasteiger partial charge in [-0.2, -0.15) is 0 Å². The fourth-order valence-corrected chi connectivity index (χ4v) is 12.7. The molecule has 0 aromatic carbocycles. The summed E-state index contributed by atoms with van der Waals surface area (Å²) in [5, 5.41) is 25.5. The first kappa shape index (κ1) is 30.7. The van der Waals surface area contributed by atoms with E-state index in [9.17, 15) is 19.2 Å². The Morgan fingerprint density at radius 3 is 2.38 bits per heavy atom. The van der Waals surface area contributed by atoms with Crippen LogP contribution in [0.15, 0.2) is 0 Å². The number of thiol groups is 1. The summed E-state index contributed by atoms with van der Waals surface area (Å²) in [7, 11) is -2.85. The number of carbonyl (C=O) groups is 1. The molecular formula is C32H59N3O4S. The lowest BCUT2D eigenvalue weighted by Gasteiger charge is -2.64. The molecule has 5 aliphatic rings. The molecule has 1 saturated heterocycles. The van der Waals surface area contributed by atoms with E-state index in [1.807, 2.05) is 4.31 Å². The van der Waals surface area contributed by atoms with Crippen LogP contribution in [0, 0.1) is 52.3 Å². The van der Waals surface area contributed by atoms with E-state index in [0.29, 0.717) is 48.0 Å². The van der Waals surface area contributed by atoms with Crippen LogP contribution in [-0.2, 0) is 10.3 Å². The van der Waals surface area contributed by atoms with Crippen molar-refractivity contribution in [1.29, 1.82) is 0 Å². The monoisotopic (exact) mass is 581 g/mol. The average molecular weight is 582 g/mol. The highest BCUT2D eigenvalue weighted by atomic mass is 32.3. The Balaban J connectivity index is 1.20. The molecule has 4 aliphatic carbocycles. The molecule has 5 rings (SSSR count). The van der Waals surface area contributed by atoms with Crippen LogP contribution in [0.3, 0.4) is 0 Å². The number of nitrogens with zero attached hydrogens (tertiary/aromatic N) is 1. The summed E-state index contributed by atoms with van der Waals surface area (Å²) in [6.07, 6.45) is 14.1. The van der Waals surface area contributed by atoms with Crippen LogP contribution in [0.4, 0.5) is 4.79 Å². The van der Waals surface area contributed by atoms with Crippen molar-refractivity contribution < 1.29 is 19.2 Å². The first-order valence-corrected chi connectivity index (χ1v) is 18.8. The van der Waals surface area contributed by atoms with E-state index < -0.39 is 10.3 Å². The minimum absolute atomic E-state index is 0.203. The predicted molar refractivity (Wildman–Crippen MR) is 163 cm³/mol. The Hall–Kier alpha value is -0.700. The zero-order valence-corrected chi connectivity index (χ0v) is 26.8. The summed E-state index contributed by atoms with van der Waals surface area (Å²) < 4.78 is 17.9. The first-order valence-electron chi connectivity index (χ1n) is 16.7. The van der Waals surface area contributed by atoms with E-state index in [2.05, 4.69) is 37.7 Å². The van der Waals surface area contributed by atoms with E-state index in [1.54, 1.807) is 6.26 Å². The van der Waals surface area contributed by atoms with Crippen LogP contribution in [0.5, 0.6) is 0 Å². The van der Waals surface area contributed by atoms with Gasteiger partial charge in [0.05, 0.1) is 12.2 Å². The molecule has 4 N–H and O–H groups in total. The highest BCUT2D eigenvalue weighted by Crippen LogP contribution is 2.69. The Bertz CT molecular complexity index is 958. The van der Waals surface area contributed by atoms with Crippen molar-refractivity contribution >= 4 is 16.3 Å². The van der Waals surface area contributed by atoms with Gasteiger partial charge in [0.1, 0.15) is 0 Å². The average Bonchev–Trinajstić information content (AvgIpc) is 3.27. The van der Waals surface area contributed by atoms with E-state index in [1.165, 1.54) is 32.1 Å². The normalized spacial score (nSPS) is 45.1. The molecule has 4 unspecified atom stereocenters. The van der Waals surface area contributed by atoms with Crippen molar-refractivity contribution in [1.82, 2.24) is 14.3 Å². The number of aliphatic hydroxyl groups is 2. The summed E-state index contributed by atoms with van der Waals surface area (Å²) in [5.41, 5.74) is 0.464. The molecule has 232 valence electrons. The van der Waals surface area contributed by atoms with Crippen molar-refractivity contribution in [2.75, 3.05) is 25.9 Å². The summed E-state index contributed by atoms with van der Waals surface area (Å²) in [6, 6.07) is -0.309. The van der Waals surface area contributed by atoms with Crippen molar-refractivity contribution in [2.45, 2.75) is 117 Å². The number of carbonyl (C=O) groups excluding carboxylic acids is 1. The van der Waals surface area contributed by atoms with Gasteiger partial charge in [0, 0.05) is 36.2 Å². The molecule has 0 aromatic rings. The van der Waals surface area contributed by atoms with E-state index in [0.717, 1.165) is 58.0 Å². The molecule has 1 heterocycles. The largest absolute Gasteiger partial charge is 0.393 e. The Labute approximate surface area is 244 Å². The molecule has 8 heteroatoms. The number of urea groups is 1. The lowest BCUT2D eigenvalue weighted by molar-refractivity contribution is -0.203. The highest BCUT2D eigenvalue weighted by molar-refractivity contribution is 7.98. The maximum absolute atomic E-state index is 13.1. The number of aliphatic hydroxyl groups excluding tert-OH is 2. The SMILES string of the molecule is CC[C@@H]1C2C[C@H](O)CCC2(C)[C@H]2CCC3(C)[C@@H]([C@H](C)CCNC(=O)N[SH](C)(=O)N4CCCCC4)CC[C@H]3C2[C@@H]1O. The maximum Gasteiger partial charge on any atom is 0.325 e. The van der Waals surface area contributed by atoms with Gasteiger partial charge in [0.15, 0.2) is 0 Å². The molecule has 11 atom stereocenters. The summed E-state index contributed by atoms with van der Waals surface area (Å²) in [5.74, 6) is 3.29. The Morgan fingerprint density at radius 2 is 1.68 bits per heavy atom. The molecule has 40 heavy (non-hydrogen) atoms. The molecule has 0 spiro atoms. The molecule has 1 aliphatic heterocycles. The van der Waals surface area contributed by atoms with Crippen LogP contribution in [0.2, 0.25) is 0 Å². The second-order valence-corrected chi connectivity index (χ2v) is 17.7. The molecular weight excluding hydrogens is 522 g/mol. The van der Waals surface area contributed by atoms with E-state index in [4.69, 9.17) is 0 Å². The second kappa shape index (κ2) is 11.8. The summed E-state index contributed by atoms with van der Waals surface area (Å²) in [4.78, 5) is 12.6. The minimum Gasteiger partial charge on any atom is -0.393 e. The van der Waals surface area contributed by atoms with Crippen molar-refractivity contribution in [2.24, 2.45) is 52.3 Å². The van der Waals surface area contributed by atoms with Crippen LogP contribution in [0.25, 0.3) is 0 Å². The topological polar surface area (TPSA) is 102 Å². The number of nitrogens with one attached hydrogen (secondary N) is 2. The fraction of sp³-hybridized carbons (Fsp3) is 0.969. The lowest BCUT2D eigenvalue weighted by atomic mass is 9.41. The van der Waals surface area contributed by atoms with Gasteiger partial charge in [-0.25, -0.2) is 9.10 Å². The maximum atomic E-state index is 13.1. The Kier molecular flexibility index (Phi) is 9.04. The van der Waals surface area contributed by atoms with Gasteiger partial charge in [-0.05, 0) is 116 Å².